The molecule has 0 unspecified atom stereocenters. The fraction of sp³-hybridized carbons (Fsp3) is 0.500. The van der Waals surface area contributed by atoms with Crippen molar-refractivity contribution in [3.8, 4) is 0 Å². The van der Waals surface area contributed by atoms with Gasteiger partial charge in [0.2, 0.25) is 0 Å². The summed E-state index contributed by atoms with van der Waals surface area (Å²) in [4.78, 5) is 20.7. The largest absolute Gasteiger partial charge is 0.377 e. The number of carbonyl (C=O) groups excluding carboxylic acids is 1. The molecule has 0 saturated carbocycles. The lowest BCUT2D eigenvalue weighted by Crippen LogP contribution is -2.60. The number of ether oxygens (including phenoxy) is 2. The van der Waals surface area contributed by atoms with Gasteiger partial charge in [-0.05, 0) is 12.1 Å². The summed E-state index contributed by atoms with van der Waals surface area (Å²) in [6, 6.07) is 5.58. The van der Waals surface area contributed by atoms with Gasteiger partial charge in [0.15, 0.2) is 0 Å². The SMILES string of the molecule is Cn1cc(CN2CCOC[C@@]3(C2)CN(c2ccccn2)C(=O)CO3)cn1. The average molecular weight is 357 g/mol. The summed E-state index contributed by atoms with van der Waals surface area (Å²) in [5.41, 5.74) is 0.599. The van der Waals surface area contributed by atoms with Crippen molar-refractivity contribution in [2.24, 2.45) is 7.05 Å². The minimum Gasteiger partial charge on any atom is -0.377 e. The lowest BCUT2D eigenvalue weighted by atomic mass is 10.0. The molecule has 2 aliphatic heterocycles. The van der Waals surface area contributed by atoms with Crippen LogP contribution in [0.25, 0.3) is 0 Å². The Labute approximate surface area is 152 Å². The van der Waals surface area contributed by atoms with Crippen LogP contribution in [0.1, 0.15) is 5.56 Å². The molecular weight excluding hydrogens is 334 g/mol. The average Bonchev–Trinajstić information content (AvgIpc) is 2.95. The number of nitrogens with zero attached hydrogens (tertiary/aromatic N) is 5. The fourth-order valence-electron chi connectivity index (χ4n) is 3.55. The second-order valence-electron chi connectivity index (χ2n) is 6.93. The summed E-state index contributed by atoms with van der Waals surface area (Å²) >= 11 is 0. The third-order valence-electron chi connectivity index (χ3n) is 4.77. The van der Waals surface area contributed by atoms with Gasteiger partial charge in [-0.3, -0.25) is 19.3 Å². The van der Waals surface area contributed by atoms with E-state index in [2.05, 4.69) is 15.0 Å². The van der Waals surface area contributed by atoms with Crippen molar-refractivity contribution in [3.63, 3.8) is 0 Å². The molecule has 0 bridgehead atoms. The molecule has 0 N–H and O–H groups in total. The Balaban J connectivity index is 1.52. The molecule has 1 atom stereocenters. The van der Waals surface area contributed by atoms with Crippen LogP contribution < -0.4 is 4.90 Å². The molecule has 1 spiro atoms. The predicted molar refractivity (Wildman–Crippen MR) is 94.6 cm³/mol. The molecule has 8 heteroatoms. The van der Waals surface area contributed by atoms with E-state index in [1.54, 1.807) is 15.8 Å². The van der Waals surface area contributed by atoms with Crippen molar-refractivity contribution < 1.29 is 14.3 Å². The minimum atomic E-state index is -0.551. The van der Waals surface area contributed by atoms with Crippen molar-refractivity contribution >= 4 is 11.7 Å². The molecule has 0 aromatic carbocycles. The van der Waals surface area contributed by atoms with E-state index in [9.17, 15) is 4.79 Å². The normalized spacial score (nSPS) is 24.8. The Morgan fingerprint density at radius 1 is 1.31 bits per heavy atom. The van der Waals surface area contributed by atoms with Crippen molar-refractivity contribution in [1.29, 1.82) is 0 Å². The molecular formula is C18H23N5O3. The number of aryl methyl sites for hydroxylation is 1. The highest BCUT2D eigenvalue weighted by molar-refractivity contribution is 5.94. The lowest BCUT2D eigenvalue weighted by molar-refractivity contribution is -0.146. The van der Waals surface area contributed by atoms with Gasteiger partial charge >= 0.3 is 0 Å². The van der Waals surface area contributed by atoms with Crippen LogP contribution in [0.5, 0.6) is 0 Å². The number of carbonyl (C=O) groups is 1. The van der Waals surface area contributed by atoms with E-state index in [4.69, 9.17) is 9.47 Å². The number of anilines is 1. The van der Waals surface area contributed by atoms with E-state index in [-0.39, 0.29) is 12.5 Å². The van der Waals surface area contributed by atoms with Crippen molar-refractivity contribution in [2.45, 2.75) is 12.1 Å². The number of morpholine rings is 1. The predicted octanol–water partition coefficient (Wildman–Crippen LogP) is 0.450. The quantitative estimate of drug-likeness (QED) is 0.794. The van der Waals surface area contributed by atoms with Gasteiger partial charge in [-0.15, -0.1) is 0 Å². The highest BCUT2D eigenvalue weighted by atomic mass is 16.6. The maximum Gasteiger partial charge on any atom is 0.254 e. The number of amides is 1. The monoisotopic (exact) mass is 357 g/mol. The fourth-order valence-corrected chi connectivity index (χ4v) is 3.55. The molecule has 2 aromatic heterocycles. The molecule has 8 nitrogen and oxygen atoms in total. The maximum atomic E-state index is 12.4. The van der Waals surface area contributed by atoms with Crippen LogP contribution in [0.3, 0.4) is 0 Å². The van der Waals surface area contributed by atoms with E-state index in [0.29, 0.717) is 32.1 Å². The molecule has 2 fully saturated rings. The summed E-state index contributed by atoms with van der Waals surface area (Å²) in [5.74, 6) is 0.584. The van der Waals surface area contributed by atoms with Gasteiger partial charge in [-0.25, -0.2) is 4.98 Å². The third kappa shape index (κ3) is 3.62. The van der Waals surface area contributed by atoms with E-state index in [0.717, 1.165) is 18.7 Å². The number of aromatic nitrogens is 3. The summed E-state index contributed by atoms with van der Waals surface area (Å²) in [6.07, 6.45) is 5.59. The standard InChI is InChI=1S/C18H23N5O3/c1-21-9-15(8-20-21)10-22-6-7-25-14-18(12-22)13-23(17(24)11-26-18)16-4-2-3-5-19-16/h2-5,8-9H,6-7,10-14H2,1H3/t18-/m1/s1. The zero-order chi connectivity index (χ0) is 18.0. The first-order valence-electron chi connectivity index (χ1n) is 8.77. The van der Waals surface area contributed by atoms with Crippen LogP contribution in [0.15, 0.2) is 36.8 Å². The van der Waals surface area contributed by atoms with Crippen molar-refractivity contribution in [2.75, 3.05) is 44.4 Å². The van der Waals surface area contributed by atoms with Crippen molar-refractivity contribution in [1.82, 2.24) is 19.7 Å². The molecule has 26 heavy (non-hydrogen) atoms. The summed E-state index contributed by atoms with van der Waals surface area (Å²) in [7, 11) is 1.91. The minimum absolute atomic E-state index is 0.0423. The van der Waals surface area contributed by atoms with Crippen LogP contribution in [0.2, 0.25) is 0 Å². The Morgan fingerprint density at radius 3 is 3.00 bits per heavy atom. The van der Waals surface area contributed by atoms with Gasteiger partial charge in [-0.2, -0.15) is 5.10 Å². The first-order valence-corrected chi connectivity index (χ1v) is 8.77. The molecule has 0 radical (unpaired) electrons. The summed E-state index contributed by atoms with van der Waals surface area (Å²) in [6.45, 7) is 3.87. The smallest absolute Gasteiger partial charge is 0.254 e. The summed E-state index contributed by atoms with van der Waals surface area (Å²) < 4.78 is 13.7. The zero-order valence-electron chi connectivity index (χ0n) is 14.9. The molecule has 2 aromatic rings. The van der Waals surface area contributed by atoms with Gasteiger partial charge < -0.3 is 9.47 Å². The van der Waals surface area contributed by atoms with Crippen molar-refractivity contribution in [3.05, 3.63) is 42.4 Å². The zero-order valence-corrected chi connectivity index (χ0v) is 14.9. The van der Waals surface area contributed by atoms with Crippen LogP contribution in [0, 0.1) is 0 Å². The highest BCUT2D eigenvalue weighted by Gasteiger charge is 2.43. The van der Waals surface area contributed by atoms with Gasteiger partial charge in [-0.1, -0.05) is 6.07 Å². The molecule has 138 valence electrons. The van der Waals surface area contributed by atoms with Crippen LogP contribution in [-0.4, -0.2) is 70.6 Å². The van der Waals surface area contributed by atoms with E-state index >= 15 is 0 Å². The molecule has 4 heterocycles. The topological polar surface area (TPSA) is 72.7 Å². The number of rotatable bonds is 3. The molecule has 2 aliphatic rings. The van der Waals surface area contributed by atoms with Gasteiger partial charge in [0.25, 0.3) is 5.91 Å². The second-order valence-corrected chi connectivity index (χ2v) is 6.93. The molecule has 4 rings (SSSR count). The summed E-state index contributed by atoms with van der Waals surface area (Å²) in [5, 5.41) is 4.24. The van der Waals surface area contributed by atoms with Crippen LogP contribution >= 0.6 is 0 Å². The maximum absolute atomic E-state index is 12.4. The Kier molecular flexibility index (Phi) is 4.71. The van der Waals surface area contributed by atoms with Gasteiger partial charge in [0.1, 0.15) is 18.0 Å². The number of hydrogen-bond donors (Lipinski definition) is 0. The highest BCUT2D eigenvalue weighted by Crippen LogP contribution is 2.26. The van der Waals surface area contributed by atoms with Gasteiger partial charge in [0.05, 0.1) is 26.0 Å². The molecule has 1 amide bonds. The van der Waals surface area contributed by atoms with E-state index in [1.807, 2.05) is 37.6 Å². The Hall–Kier alpha value is -2.29. The lowest BCUT2D eigenvalue weighted by Gasteiger charge is -2.42. The molecule has 2 saturated heterocycles. The number of pyridine rings is 1. The first-order chi connectivity index (χ1) is 12.6. The van der Waals surface area contributed by atoms with Crippen LogP contribution in [-0.2, 0) is 27.9 Å². The van der Waals surface area contributed by atoms with E-state index < -0.39 is 5.60 Å². The van der Waals surface area contributed by atoms with Crippen LogP contribution in [0.4, 0.5) is 5.82 Å². The Morgan fingerprint density at radius 2 is 2.23 bits per heavy atom. The third-order valence-corrected chi connectivity index (χ3v) is 4.77. The number of hydrogen-bond acceptors (Lipinski definition) is 6. The second kappa shape index (κ2) is 7.14. The Bertz CT molecular complexity index is 765. The van der Waals surface area contributed by atoms with E-state index in [1.165, 1.54) is 0 Å². The first kappa shape index (κ1) is 17.1. The molecule has 0 aliphatic carbocycles. The van der Waals surface area contributed by atoms with Gasteiger partial charge in [0, 0.05) is 44.6 Å².